The van der Waals surface area contributed by atoms with Crippen molar-refractivity contribution >= 4 is 86.4 Å². The Hall–Kier alpha value is -6.64. The number of hydrogen-bond acceptors (Lipinski definition) is 2. The van der Waals surface area contributed by atoms with Crippen molar-refractivity contribution in [2.75, 3.05) is 0 Å². The van der Waals surface area contributed by atoms with Gasteiger partial charge in [-0.05, 0) is 105 Å². The van der Waals surface area contributed by atoms with Crippen LogP contribution in [0.15, 0.2) is 170 Å². The molecular weight excluding hydrogens is 605 g/mol. The highest BCUT2D eigenvalue weighted by Crippen LogP contribution is 2.45. The lowest BCUT2D eigenvalue weighted by molar-refractivity contribution is 1.37. The number of fused-ring (bicyclic) bond motifs is 9. The van der Waals surface area contributed by atoms with Gasteiger partial charge in [-0.3, -0.25) is 9.97 Å². The number of nitrogens with zero attached hydrogens (tertiary/aromatic N) is 2. The van der Waals surface area contributed by atoms with E-state index in [4.69, 9.17) is 9.97 Å². The van der Waals surface area contributed by atoms with Crippen molar-refractivity contribution in [1.82, 2.24) is 9.97 Å². The predicted octanol–water partition coefficient (Wildman–Crippen LogP) is 13.0. The van der Waals surface area contributed by atoms with Crippen LogP contribution in [0, 0.1) is 0 Å². The fourth-order valence-electron chi connectivity index (χ4n) is 8.60. The Labute approximate surface area is 287 Å². The first-order chi connectivity index (χ1) is 24.8. The van der Waals surface area contributed by atoms with E-state index in [1.807, 2.05) is 24.5 Å². The molecule has 0 saturated carbocycles. The molecule has 0 fully saturated rings. The molecule has 0 radical (unpaired) electrons. The summed E-state index contributed by atoms with van der Waals surface area (Å²) in [4.78, 5) is 9.52. The first-order valence-corrected chi connectivity index (χ1v) is 17.2. The minimum Gasteiger partial charge on any atom is -0.254 e. The molecular formula is C48H28N2. The maximum absolute atomic E-state index is 4.81. The molecule has 2 nitrogen and oxygen atoms in total. The van der Waals surface area contributed by atoms with E-state index in [0.29, 0.717) is 0 Å². The quantitative estimate of drug-likeness (QED) is 0.177. The van der Waals surface area contributed by atoms with Crippen LogP contribution >= 0.6 is 0 Å². The maximum Gasteiger partial charge on any atom is 0.0970 e. The third-order valence-electron chi connectivity index (χ3n) is 10.7. The summed E-state index contributed by atoms with van der Waals surface area (Å²) in [7, 11) is 0. The molecule has 0 unspecified atom stereocenters. The van der Waals surface area contributed by atoms with Gasteiger partial charge in [0, 0.05) is 23.2 Å². The SMILES string of the molecule is c1cnc2c(c1)cc(-c1ccc(-c3cccc4c5cccc6ccc7cccc(c8ccccc8c34)c7c65)c3ccccc13)c1cccnc12. The van der Waals surface area contributed by atoms with Crippen LogP contribution in [0.1, 0.15) is 0 Å². The average Bonchev–Trinajstić information content (AvgIpc) is 3.19. The summed E-state index contributed by atoms with van der Waals surface area (Å²) in [5.41, 5.74) is 6.68. The van der Waals surface area contributed by atoms with Gasteiger partial charge < -0.3 is 0 Å². The van der Waals surface area contributed by atoms with Crippen molar-refractivity contribution in [2.24, 2.45) is 0 Å². The van der Waals surface area contributed by atoms with E-state index in [1.165, 1.54) is 86.9 Å². The van der Waals surface area contributed by atoms with E-state index >= 15 is 0 Å². The second-order valence-electron chi connectivity index (χ2n) is 13.3. The highest BCUT2D eigenvalue weighted by atomic mass is 14.7. The Morgan fingerprint density at radius 3 is 1.46 bits per heavy atom. The molecule has 0 bridgehead atoms. The largest absolute Gasteiger partial charge is 0.254 e. The molecule has 2 heterocycles. The zero-order valence-electron chi connectivity index (χ0n) is 27.1. The molecule has 11 rings (SSSR count). The molecule has 9 aromatic carbocycles. The monoisotopic (exact) mass is 632 g/mol. The molecule has 11 aromatic rings. The van der Waals surface area contributed by atoms with Gasteiger partial charge in [0.05, 0.1) is 11.0 Å². The van der Waals surface area contributed by atoms with E-state index < -0.39 is 0 Å². The average molecular weight is 633 g/mol. The van der Waals surface area contributed by atoms with Crippen LogP contribution < -0.4 is 0 Å². The standard InChI is InChI=1S/C48H28N2/c1-2-14-33-32(13-1)35(24-25-36(33)43-28-31-12-8-26-49-47(31)48-42(43)21-9-27-50-48)39-19-7-20-41-40-18-6-11-30-23-22-29-10-5-17-37(44(29)45(30)40)34-15-3-4-16-38(34)46(39)41/h1-28H. The van der Waals surface area contributed by atoms with Crippen molar-refractivity contribution in [3.63, 3.8) is 0 Å². The molecule has 0 N–H and O–H groups in total. The van der Waals surface area contributed by atoms with Crippen LogP contribution in [0.3, 0.4) is 0 Å². The molecule has 0 aliphatic rings. The lowest BCUT2D eigenvalue weighted by Gasteiger charge is -2.18. The minimum absolute atomic E-state index is 0.930. The summed E-state index contributed by atoms with van der Waals surface area (Å²) < 4.78 is 0. The fraction of sp³-hybridized carbons (Fsp3) is 0. The lowest BCUT2D eigenvalue weighted by atomic mass is 9.86. The van der Waals surface area contributed by atoms with E-state index in [1.54, 1.807) is 0 Å². The van der Waals surface area contributed by atoms with Gasteiger partial charge in [0.25, 0.3) is 0 Å². The highest BCUT2D eigenvalue weighted by molar-refractivity contribution is 6.34. The van der Waals surface area contributed by atoms with Crippen LogP contribution in [0.2, 0.25) is 0 Å². The smallest absolute Gasteiger partial charge is 0.0970 e. The normalized spacial score (nSPS) is 12.0. The lowest BCUT2D eigenvalue weighted by Crippen LogP contribution is -1.92. The van der Waals surface area contributed by atoms with E-state index in [-0.39, 0.29) is 0 Å². The maximum atomic E-state index is 4.81. The first-order valence-electron chi connectivity index (χ1n) is 17.2. The number of aromatic nitrogens is 2. The Morgan fingerprint density at radius 2 is 0.740 bits per heavy atom. The molecule has 0 aliphatic carbocycles. The second-order valence-corrected chi connectivity index (χ2v) is 13.3. The van der Waals surface area contributed by atoms with Gasteiger partial charge in [-0.1, -0.05) is 140 Å². The van der Waals surface area contributed by atoms with Gasteiger partial charge in [0.2, 0.25) is 0 Å². The number of rotatable bonds is 2. The van der Waals surface area contributed by atoms with Gasteiger partial charge >= 0.3 is 0 Å². The van der Waals surface area contributed by atoms with E-state index in [0.717, 1.165) is 21.8 Å². The van der Waals surface area contributed by atoms with Gasteiger partial charge in [-0.2, -0.15) is 0 Å². The third-order valence-corrected chi connectivity index (χ3v) is 10.7. The third kappa shape index (κ3) is 3.79. The zero-order valence-corrected chi connectivity index (χ0v) is 27.1. The number of hydrogen-bond donors (Lipinski definition) is 0. The first kappa shape index (κ1) is 27.3. The predicted molar refractivity (Wildman–Crippen MR) is 213 cm³/mol. The summed E-state index contributed by atoms with van der Waals surface area (Å²) in [6.45, 7) is 0. The van der Waals surface area contributed by atoms with Crippen LogP contribution in [0.25, 0.3) is 109 Å². The Kier molecular flexibility index (Phi) is 5.70. The molecule has 50 heavy (non-hydrogen) atoms. The van der Waals surface area contributed by atoms with Crippen molar-refractivity contribution in [2.45, 2.75) is 0 Å². The molecule has 230 valence electrons. The summed E-state index contributed by atoms with van der Waals surface area (Å²) >= 11 is 0. The molecule has 0 saturated heterocycles. The fourth-order valence-corrected chi connectivity index (χ4v) is 8.60. The highest BCUT2D eigenvalue weighted by Gasteiger charge is 2.18. The summed E-state index contributed by atoms with van der Waals surface area (Å²) in [5, 5.41) is 17.4. The topological polar surface area (TPSA) is 25.8 Å². The minimum atomic E-state index is 0.930. The van der Waals surface area contributed by atoms with Crippen LogP contribution in [0.5, 0.6) is 0 Å². The Bertz CT molecular complexity index is 3210. The number of benzene rings is 8. The molecule has 0 aliphatic heterocycles. The van der Waals surface area contributed by atoms with Gasteiger partial charge in [-0.25, -0.2) is 0 Å². The summed E-state index contributed by atoms with van der Waals surface area (Å²) in [6.07, 6.45) is 3.71. The summed E-state index contributed by atoms with van der Waals surface area (Å²) in [5.74, 6) is 0. The molecule has 0 amide bonds. The Morgan fingerprint density at radius 1 is 0.260 bits per heavy atom. The number of pyridine rings is 2. The van der Waals surface area contributed by atoms with Crippen molar-refractivity contribution in [3.8, 4) is 22.3 Å². The van der Waals surface area contributed by atoms with Crippen LogP contribution in [-0.2, 0) is 0 Å². The molecule has 0 atom stereocenters. The second kappa shape index (κ2) is 10.4. The van der Waals surface area contributed by atoms with Crippen molar-refractivity contribution in [3.05, 3.63) is 170 Å². The van der Waals surface area contributed by atoms with Crippen LogP contribution in [0.4, 0.5) is 0 Å². The molecule has 0 spiro atoms. The van der Waals surface area contributed by atoms with Gasteiger partial charge in [-0.15, -0.1) is 0 Å². The zero-order chi connectivity index (χ0) is 32.8. The summed E-state index contributed by atoms with van der Waals surface area (Å²) in [6, 6.07) is 58.0. The Balaban J connectivity index is 1.30. The van der Waals surface area contributed by atoms with E-state index in [2.05, 4.69) is 146 Å². The van der Waals surface area contributed by atoms with Gasteiger partial charge in [0.1, 0.15) is 0 Å². The van der Waals surface area contributed by atoms with E-state index in [9.17, 15) is 0 Å². The van der Waals surface area contributed by atoms with Crippen molar-refractivity contribution < 1.29 is 0 Å². The van der Waals surface area contributed by atoms with Crippen molar-refractivity contribution in [1.29, 1.82) is 0 Å². The van der Waals surface area contributed by atoms with Gasteiger partial charge in [0.15, 0.2) is 0 Å². The van der Waals surface area contributed by atoms with Crippen LogP contribution in [-0.4, -0.2) is 9.97 Å². The molecule has 2 aromatic heterocycles. The molecule has 2 heteroatoms.